The van der Waals surface area contributed by atoms with E-state index in [-0.39, 0.29) is 6.04 Å². The van der Waals surface area contributed by atoms with Crippen LogP contribution in [0.3, 0.4) is 0 Å². The molecule has 1 aliphatic rings. The summed E-state index contributed by atoms with van der Waals surface area (Å²) in [6.45, 7) is 0. The van der Waals surface area contributed by atoms with Gasteiger partial charge in [-0.15, -0.1) is 0 Å². The maximum atomic E-state index is 12.2. The van der Waals surface area contributed by atoms with Gasteiger partial charge in [-0.25, -0.2) is 4.79 Å². The van der Waals surface area contributed by atoms with E-state index in [0.29, 0.717) is 11.3 Å². The Bertz CT molecular complexity index is 577. The molecule has 0 atom stereocenters. The quantitative estimate of drug-likeness (QED) is 0.685. The fourth-order valence-corrected chi connectivity index (χ4v) is 2.79. The Morgan fingerprint density at radius 2 is 1.70 bits per heavy atom. The standard InChI is InChI=1S/C17H22N2O4/c1-19(14-6-4-3-5-7-14)16(21)15(20)18-13-10-8-12(9-11-13)17(22)23-2/h8-11,14H,3-7H2,1-2H3,(H,18,20). The van der Waals surface area contributed by atoms with Gasteiger partial charge in [-0.3, -0.25) is 9.59 Å². The number of esters is 1. The first kappa shape index (κ1) is 17.0. The molecule has 23 heavy (non-hydrogen) atoms. The predicted molar refractivity (Wildman–Crippen MR) is 86.1 cm³/mol. The number of ether oxygens (including phenoxy) is 1. The molecule has 2 rings (SSSR count). The number of nitrogens with one attached hydrogen (secondary N) is 1. The average molecular weight is 318 g/mol. The van der Waals surface area contributed by atoms with Crippen LogP contribution in [0.5, 0.6) is 0 Å². The minimum absolute atomic E-state index is 0.142. The fraction of sp³-hybridized carbons (Fsp3) is 0.471. The Balaban J connectivity index is 1.95. The van der Waals surface area contributed by atoms with Crippen LogP contribution in [0.15, 0.2) is 24.3 Å². The molecule has 1 aromatic carbocycles. The van der Waals surface area contributed by atoms with Crippen LogP contribution in [-0.2, 0) is 14.3 Å². The van der Waals surface area contributed by atoms with Crippen molar-refractivity contribution >= 4 is 23.5 Å². The third-order valence-corrected chi connectivity index (χ3v) is 4.20. The van der Waals surface area contributed by atoms with Crippen LogP contribution in [0.4, 0.5) is 5.69 Å². The van der Waals surface area contributed by atoms with Gasteiger partial charge in [-0.05, 0) is 37.1 Å². The molecule has 1 aliphatic carbocycles. The van der Waals surface area contributed by atoms with E-state index in [9.17, 15) is 14.4 Å². The highest BCUT2D eigenvalue weighted by Gasteiger charge is 2.26. The van der Waals surface area contributed by atoms with E-state index in [1.807, 2.05) is 0 Å². The zero-order valence-corrected chi connectivity index (χ0v) is 13.5. The number of likely N-dealkylation sites (N-methyl/N-ethyl adjacent to an activating group) is 1. The van der Waals surface area contributed by atoms with Crippen molar-refractivity contribution < 1.29 is 19.1 Å². The summed E-state index contributed by atoms with van der Waals surface area (Å²) < 4.78 is 4.61. The van der Waals surface area contributed by atoms with Gasteiger partial charge in [0.1, 0.15) is 0 Å². The van der Waals surface area contributed by atoms with E-state index in [1.165, 1.54) is 30.6 Å². The van der Waals surface area contributed by atoms with Gasteiger partial charge in [-0.1, -0.05) is 19.3 Å². The Morgan fingerprint density at radius 3 is 2.26 bits per heavy atom. The van der Waals surface area contributed by atoms with Crippen molar-refractivity contribution in [2.24, 2.45) is 0 Å². The summed E-state index contributed by atoms with van der Waals surface area (Å²) in [6.07, 6.45) is 5.28. The smallest absolute Gasteiger partial charge is 0.337 e. The first-order valence-corrected chi connectivity index (χ1v) is 7.79. The van der Waals surface area contributed by atoms with Gasteiger partial charge in [0.05, 0.1) is 12.7 Å². The van der Waals surface area contributed by atoms with Crippen molar-refractivity contribution in [2.45, 2.75) is 38.1 Å². The van der Waals surface area contributed by atoms with E-state index in [2.05, 4.69) is 10.1 Å². The van der Waals surface area contributed by atoms with Crippen LogP contribution in [0.2, 0.25) is 0 Å². The molecule has 0 aliphatic heterocycles. The summed E-state index contributed by atoms with van der Waals surface area (Å²) >= 11 is 0. The number of hydrogen-bond donors (Lipinski definition) is 1. The summed E-state index contributed by atoms with van der Waals surface area (Å²) in [5, 5.41) is 2.56. The van der Waals surface area contributed by atoms with Crippen molar-refractivity contribution in [3.05, 3.63) is 29.8 Å². The van der Waals surface area contributed by atoms with E-state index < -0.39 is 17.8 Å². The lowest BCUT2D eigenvalue weighted by Crippen LogP contribution is -2.44. The first-order chi connectivity index (χ1) is 11.0. The maximum Gasteiger partial charge on any atom is 0.337 e. The lowest BCUT2D eigenvalue weighted by molar-refractivity contribution is -0.144. The third-order valence-electron chi connectivity index (χ3n) is 4.20. The van der Waals surface area contributed by atoms with Crippen molar-refractivity contribution in [3.8, 4) is 0 Å². The van der Waals surface area contributed by atoms with Crippen LogP contribution in [0, 0.1) is 0 Å². The minimum atomic E-state index is -0.663. The van der Waals surface area contributed by atoms with Crippen LogP contribution >= 0.6 is 0 Å². The van der Waals surface area contributed by atoms with Crippen molar-refractivity contribution in [2.75, 3.05) is 19.5 Å². The molecule has 1 aromatic rings. The molecule has 124 valence electrons. The molecule has 0 radical (unpaired) electrons. The third kappa shape index (κ3) is 4.31. The van der Waals surface area contributed by atoms with E-state index >= 15 is 0 Å². The Hall–Kier alpha value is -2.37. The molecular formula is C17H22N2O4. The molecule has 0 aromatic heterocycles. The number of carbonyl (C=O) groups is 3. The van der Waals surface area contributed by atoms with Gasteiger partial charge < -0.3 is 15.0 Å². The molecule has 6 nitrogen and oxygen atoms in total. The minimum Gasteiger partial charge on any atom is -0.465 e. The summed E-state index contributed by atoms with van der Waals surface area (Å²) in [5.41, 5.74) is 0.851. The largest absolute Gasteiger partial charge is 0.465 e. The maximum absolute atomic E-state index is 12.2. The van der Waals surface area contributed by atoms with E-state index in [0.717, 1.165) is 25.7 Å². The molecule has 0 spiro atoms. The molecule has 1 N–H and O–H groups in total. The molecule has 2 amide bonds. The molecule has 1 saturated carbocycles. The molecule has 0 saturated heterocycles. The Labute approximate surface area is 135 Å². The fourth-order valence-electron chi connectivity index (χ4n) is 2.79. The molecule has 0 heterocycles. The molecule has 0 unspecified atom stereocenters. The Kier molecular flexibility index (Phi) is 5.73. The van der Waals surface area contributed by atoms with Gasteiger partial charge in [0, 0.05) is 18.8 Å². The molecule has 1 fully saturated rings. The summed E-state index contributed by atoms with van der Waals surface area (Å²) in [5.74, 6) is -1.64. The summed E-state index contributed by atoms with van der Waals surface area (Å²) in [4.78, 5) is 37.2. The number of methoxy groups -OCH3 is 1. The summed E-state index contributed by atoms with van der Waals surface area (Å²) in [7, 11) is 2.98. The lowest BCUT2D eigenvalue weighted by Gasteiger charge is -2.30. The van der Waals surface area contributed by atoms with E-state index in [1.54, 1.807) is 19.2 Å². The number of amides is 2. The van der Waals surface area contributed by atoms with Gasteiger partial charge in [-0.2, -0.15) is 0 Å². The zero-order chi connectivity index (χ0) is 16.8. The second-order valence-electron chi connectivity index (χ2n) is 5.73. The predicted octanol–water partition coefficient (Wildman–Crippen LogP) is 2.20. The summed E-state index contributed by atoms with van der Waals surface area (Å²) in [6, 6.07) is 6.35. The normalized spacial score (nSPS) is 14.9. The number of rotatable bonds is 3. The monoisotopic (exact) mass is 318 g/mol. The highest BCUT2D eigenvalue weighted by molar-refractivity contribution is 6.39. The Morgan fingerprint density at radius 1 is 1.09 bits per heavy atom. The number of carbonyl (C=O) groups excluding carboxylic acids is 3. The van der Waals surface area contributed by atoms with Gasteiger partial charge in [0.25, 0.3) is 0 Å². The second-order valence-corrected chi connectivity index (χ2v) is 5.73. The number of nitrogens with zero attached hydrogens (tertiary/aromatic N) is 1. The topological polar surface area (TPSA) is 75.7 Å². The van der Waals surface area contributed by atoms with Gasteiger partial charge in [0.2, 0.25) is 0 Å². The first-order valence-electron chi connectivity index (χ1n) is 7.79. The SMILES string of the molecule is COC(=O)c1ccc(NC(=O)C(=O)N(C)C2CCCCC2)cc1. The highest BCUT2D eigenvalue weighted by atomic mass is 16.5. The molecule has 6 heteroatoms. The zero-order valence-electron chi connectivity index (χ0n) is 13.5. The van der Waals surface area contributed by atoms with Crippen molar-refractivity contribution in [1.29, 1.82) is 0 Å². The number of hydrogen-bond acceptors (Lipinski definition) is 4. The second kappa shape index (κ2) is 7.76. The average Bonchev–Trinajstić information content (AvgIpc) is 2.61. The van der Waals surface area contributed by atoms with Crippen molar-refractivity contribution in [3.63, 3.8) is 0 Å². The highest BCUT2D eigenvalue weighted by Crippen LogP contribution is 2.21. The number of benzene rings is 1. The lowest BCUT2D eigenvalue weighted by atomic mass is 9.94. The van der Waals surface area contributed by atoms with Crippen LogP contribution in [0.25, 0.3) is 0 Å². The van der Waals surface area contributed by atoms with Crippen molar-refractivity contribution in [1.82, 2.24) is 4.90 Å². The molecular weight excluding hydrogens is 296 g/mol. The van der Waals surface area contributed by atoms with Crippen LogP contribution < -0.4 is 5.32 Å². The van der Waals surface area contributed by atoms with E-state index in [4.69, 9.17) is 0 Å². The van der Waals surface area contributed by atoms with Gasteiger partial charge in [0.15, 0.2) is 0 Å². The number of anilines is 1. The van der Waals surface area contributed by atoms with Gasteiger partial charge >= 0.3 is 17.8 Å². The van der Waals surface area contributed by atoms with Crippen LogP contribution in [0.1, 0.15) is 42.5 Å². The van der Waals surface area contributed by atoms with Crippen LogP contribution in [-0.4, -0.2) is 42.9 Å². The molecule has 0 bridgehead atoms.